The summed E-state index contributed by atoms with van der Waals surface area (Å²) in [6.07, 6.45) is 5.92. The Balaban J connectivity index is 1.75. The summed E-state index contributed by atoms with van der Waals surface area (Å²) in [6.45, 7) is 12.0. The molecule has 1 fully saturated rings. The molecular weight excluding hydrogens is 250 g/mol. The quantitative estimate of drug-likeness (QED) is 0.774. The molecule has 0 aliphatic carbocycles. The van der Waals surface area contributed by atoms with Crippen molar-refractivity contribution >= 4 is 0 Å². The Morgan fingerprint density at radius 2 is 2.15 bits per heavy atom. The molecule has 1 aliphatic rings. The predicted octanol–water partition coefficient (Wildman–Crippen LogP) is 1.90. The lowest BCUT2D eigenvalue weighted by molar-refractivity contribution is 0.119. The molecule has 20 heavy (non-hydrogen) atoms. The number of likely N-dealkylation sites (tertiary alicyclic amines) is 1. The van der Waals surface area contributed by atoms with Crippen molar-refractivity contribution in [1.82, 2.24) is 25.2 Å². The van der Waals surface area contributed by atoms with Crippen molar-refractivity contribution in [3.63, 3.8) is 0 Å². The third-order valence-electron chi connectivity index (χ3n) is 4.18. The number of nitrogens with one attached hydrogen (secondary N) is 1. The van der Waals surface area contributed by atoms with Crippen LogP contribution in [0.4, 0.5) is 0 Å². The first-order valence-corrected chi connectivity index (χ1v) is 8.02. The first kappa shape index (κ1) is 15.4. The largest absolute Gasteiger partial charge is 0.311 e. The number of nitrogens with zero attached hydrogens (tertiary/aromatic N) is 4. The Kier molecular flexibility index (Phi) is 5.98. The Morgan fingerprint density at radius 1 is 1.30 bits per heavy atom. The molecule has 2 heterocycles. The van der Waals surface area contributed by atoms with E-state index in [4.69, 9.17) is 0 Å². The van der Waals surface area contributed by atoms with Gasteiger partial charge < -0.3 is 5.32 Å². The maximum absolute atomic E-state index is 4.22. The molecular formula is C15H29N5. The molecule has 2 unspecified atom stereocenters. The van der Waals surface area contributed by atoms with E-state index >= 15 is 0 Å². The molecule has 0 aromatic carbocycles. The van der Waals surface area contributed by atoms with Gasteiger partial charge in [0, 0.05) is 31.9 Å². The third kappa shape index (κ3) is 4.56. The highest BCUT2D eigenvalue weighted by molar-refractivity contribution is 4.91. The number of hydrogen-bond donors (Lipinski definition) is 1. The van der Waals surface area contributed by atoms with Crippen LogP contribution in [0, 0.1) is 5.92 Å². The van der Waals surface area contributed by atoms with Crippen molar-refractivity contribution in [2.45, 2.75) is 59.2 Å². The van der Waals surface area contributed by atoms with Crippen LogP contribution in [-0.4, -0.2) is 45.6 Å². The molecule has 2 atom stereocenters. The smallest absolute Gasteiger partial charge is 0.0964 e. The second-order valence-electron chi connectivity index (χ2n) is 6.18. The van der Waals surface area contributed by atoms with E-state index in [0.717, 1.165) is 44.2 Å². The summed E-state index contributed by atoms with van der Waals surface area (Å²) in [6, 6.07) is 0.709. The average molecular weight is 279 g/mol. The highest BCUT2D eigenvalue weighted by Crippen LogP contribution is 2.20. The van der Waals surface area contributed by atoms with Gasteiger partial charge in [0.2, 0.25) is 0 Å². The molecule has 1 saturated heterocycles. The molecule has 1 aromatic rings. The maximum Gasteiger partial charge on any atom is 0.0964 e. The summed E-state index contributed by atoms with van der Waals surface area (Å²) in [5.41, 5.74) is 1.04. The zero-order valence-corrected chi connectivity index (χ0v) is 13.2. The van der Waals surface area contributed by atoms with Gasteiger partial charge in [-0.15, -0.1) is 5.10 Å². The van der Waals surface area contributed by atoms with Crippen molar-refractivity contribution in [1.29, 1.82) is 0 Å². The van der Waals surface area contributed by atoms with Crippen LogP contribution < -0.4 is 5.32 Å². The Morgan fingerprint density at radius 3 is 2.95 bits per heavy atom. The Hall–Kier alpha value is -0.940. The summed E-state index contributed by atoms with van der Waals surface area (Å²) >= 11 is 0. The van der Waals surface area contributed by atoms with Crippen molar-refractivity contribution in [3.05, 3.63) is 11.9 Å². The first-order chi connectivity index (χ1) is 9.69. The van der Waals surface area contributed by atoms with Crippen molar-refractivity contribution in [2.24, 2.45) is 5.92 Å². The van der Waals surface area contributed by atoms with E-state index in [1.165, 1.54) is 19.4 Å². The van der Waals surface area contributed by atoms with Crippen LogP contribution in [0.5, 0.6) is 0 Å². The molecule has 0 spiro atoms. The lowest BCUT2D eigenvalue weighted by atomic mass is 9.95. The molecule has 0 radical (unpaired) electrons. The minimum Gasteiger partial charge on any atom is -0.311 e. The molecule has 0 saturated carbocycles. The molecule has 5 heteroatoms. The fourth-order valence-corrected chi connectivity index (χ4v) is 2.84. The van der Waals surface area contributed by atoms with Crippen LogP contribution in [0.2, 0.25) is 0 Å². The van der Waals surface area contributed by atoms with E-state index in [1.807, 2.05) is 4.68 Å². The fourth-order valence-electron chi connectivity index (χ4n) is 2.84. The van der Waals surface area contributed by atoms with E-state index in [1.54, 1.807) is 0 Å². The second kappa shape index (κ2) is 7.74. The van der Waals surface area contributed by atoms with Gasteiger partial charge in [0.05, 0.1) is 12.2 Å². The second-order valence-corrected chi connectivity index (χ2v) is 6.18. The van der Waals surface area contributed by atoms with Crippen LogP contribution in [0.1, 0.15) is 45.7 Å². The van der Waals surface area contributed by atoms with E-state index < -0.39 is 0 Å². The molecule has 0 amide bonds. The molecule has 2 rings (SSSR count). The van der Waals surface area contributed by atoms with Gasteiger partial charge >= 0.3 is 0 Å². The van der Waals surface area contributed by atoms with Gasteiger partial charge in [0.1, 0.15) is 0 Å². The van der Waals surface area contributed by atoms with Gasteiger partial charge in [0.15, 0.2) is 0 Å². The number of hydrogen-bond acceptors (Lipinski definition) is 4. The van der Waals surface area contributed by atoms with E-state index in [9.17, 15) is 0 Å². The summed E-state index contributed by atoms with van der Waals surface area (Å²) in [5.74, 6) is 0.829. The SMILES string of the molecule is CCCNCc1cn(CCN2CC(C)CCC2C)nn1. The summed E-state index contributed by atoms with van der Waals surface area (Å²) in [7, 11) is 0. The zero-order valence-electron chi connectivity index (χ0n) is 13.2. The molecule has 114 valence electrons. The van der Waals surface area contributed by atoms with E-state index in [2.05, 4.69) is 47.5 Å². The van der Waals surface area contributed by atoms with E-state index in [-0.39, 0.29) is 0 Å². The van der Waals surface area contributed by atoms with Crippen molar-refractivity contribution in [3.8, 4) is 0 Å². The summed E-state index contributed by atoms with van der Waals surface area (Å²) in [5, 5.41) is 11.8. The van der Waals surface area contributed by atoms with Gasteiger partial charge in [-0.1, -0.05) is 19.1 Å². The molecule has 5 nitrogen and oxygen atoms in total. The first-order valence-electron chi connectivity index (χ1n) is 8.02. The fraction of sp³-hybridized carbons (Fsp3) is 0.867. The Bertz CT molecular complexity index is 389. The monoisotopic (exact) mass is 279 g/mol. The molecule has 1 N–H and O–H groups in total. The molecule has 1 aromatic heterocycles. The zero-order chi connectivity index (χ0) is 14.4. The number of rotatable bonds is 7. The van der Waals surface area contributed by atoms with Gasteiger partial charge in [-0.05, 0) is 38.6 Å². The Labute approximate surface area is 122 Å². The maximum atomic E-state index is 4.22. The van der Waals surface area contributed by atoms with Crippen LogP contribution in [0.3, 0.4) is 0 Å². The number of aromatic nitrogens is 3. The van der Waals surface area contributed by atoms with Gasteiger partial charge in [-0.3, -0.25) is 9.58 Å². The van der Waals surface area contributed by atoms with Gasteiger partial charge in [-0.25, -0.2) is 0 Å². The predicted molar refractivity (Wildman–Crippen MR) is 81.5 cm³/mol. The summed E-state index contributed by atoms with van der Waals surface area (Å²) < 4.78 is 1.98. The van der Waals surface area contributed by atoms with Crippen LogP contribution >= 0.6 is 0 Å². The minimum absolute atomic E-state index is 0.709. The standard InChI is InChI=1S/C15H29N5/c1-4-7-16-10-15-12-20(18-17-15)9-8-19-11-13(2)5-6-14(19)3/h12-14,16H,4-11H2,1-3H3. The normalized spacial score (nSPS) is 24.1. The molecule has 0 bridgehead atoms. The van der Waals surface area contributed by atoms with Crippen LogP contribution in [0.25, 0.3) is 0 Å². The summed E-state index contributed by atoms with van der Waals surface area (Å²) in [4.78, 5) is 2.59. The van der Waals surface area contributed by atoms with Crippen LogP contribution in [-0.2, 0) is 13.1 Å². The van der Waals surface area contributed by atoms with Crippen LogP contribution in [0.15, 0.2) is 6.20 Å². The van der Waals surface area contributed by atoms with Crippen molar-refractivity contribution < 1.29 is 0 Å². The topological polar surface area (TPSA) is 46.0 Å². The minimum atomic E-state index is 0.709. The van der Waals surface area contributed by atoms with Gasteiger partial charge in [-0.2, -0.15) is 0 Å². The van der Waals surface area contributed by atoms with E-state index in [0.29, 0.717) is 6.04 Å². The highest BCUT2D eigenvalue weighted by atomic mass is 15.4. The van der Waals surface area contributed by atoms with Crippen molar-refractivity contribution in [2.75, 3.05) is 19.6 Å². The number of piperidine rings is 1. The lowest BCUT2D eigenvalue weighted by Crippen LogP contribution is -2.42. The van der Waals surface area contributed by atoms with Gasteiger partial charge in [0.25, 0.3) is 0 Å². The average Bonchev–Trinajstić information content (AvgIpc) is 2.88. The molecule has 1 aliphatic heterocycles. The lowest BCUT2D eigenvalue weighted by Gasteiger charge is -2.36. The highest BCUT2D eigenvalue weighted by Gasteiger charge is 2.22. The third-order valence-corrected chi connectivity index (χ3v) is 4.18.